The van der Waals surface area contributed by atoms with Gasteiger partial charge in [0.15, 0.2) is 0 Å². The molecule has 2 aromatic heterocycles. The summed E-state index contributed by atoms with van der Waals surface area (Å²) in [6.45, 7) is 2.69. The van der Waals surface area contributed by atoms with Crippen LogP contribution >= 0.6 is 11.3 Å². The molecule has 0 aromatic carbocycles. The standard InChI is InChI=1S/C12H13N3S/c1-3-9(2)13-7-10-8-14-15-12(10)11-5-4-6-16-11/h1,4-6,8-9,13H,7H2,2H3,(H,14,15). The van der Waals surface area contributed by atoms with E-state index in [0.29, 0.717) is 0 Å². The van der Waals surface area contributed by atoms with Gasteiger partial charge >= 0.3 is 0 Å². The van der Waals surface area contributed by atoms with E-state index in [0.717, 1.165) is 17.8 Å². The van der Waals surface area contributed by atoms with Gasteiger partial charge in [-0.2, -0.15) is 5.10 Å². The van der Waals surface area contributed by atoms with Crippen LogP contribution in [-0.4, -0.2) is 16.2 Å². The Morgan fingerprint density at radius 1 is 1.69 bits per heavy atom. The molecule has 16 heavy (non-hydrogen) atoms. The van der Waals surface area contributed by atoms with Gasteiger partial charge in [0.2, 0.25) is 0 Å². The van der Waals surface area contributed by atoms with Crippen molar-refractivity contribution in [2.75, 3.05) is 0 Å². The maximum Gasteiger partial charge on any atom is 0.0794 e. The van der Waals surface area contributed by atoms with E-state index in [1.54, 1.807) is 11.3 Å². The van der Waals surface area contributed by atoms with Crippen molar-refractivity contribution in [1.29, 1.82) is 0 Å². The number of aromatic nitrogens is 2. The van der Waals surface area contributed by atoms with Gasteiger partial charge in [-0.25, -0.2) is 0 Å². The average molecular weight is 231 g/mol. The fraction of sp³-hybridized carbons (Fsp3) is 0.250. The van der Waals surface area contributed by atoms with Crippen LogP contribution in [0.3, 0.4) is 0 Å². The van der Waals surface area contributed by atoms with E-state index in [1.165, 1.54) is 4.88 Å². The molecule has 4 heteroatoms. The SMILES string of the molecule is C#CC(C)NCc1cn[nH]c1-c1cccs1. The summed E-state index contributed by atoms with van der Waals surface area (Å²) < 4.78 is 0. The lowest BCUT2D eigenvalue weighted by atomic mass is 10.2. The van der Waals surface area contributed by atoms with Crippen molar-refractivity contribution in [1.82, 2.24) is 15.5 Å². The van der Waals surface area contributed by atoms with Gasteiger partial charge in [-0.3, -0.25) is 10.4 Å². The van der Waals surface area contributed by atoms with Crippen molar-refractivity contribution in [2.24, 2.45) is 0 Å². The van der Waals surface area contributed by atoms with E-state index in [4.69, 9.17) is 6.42 Å². The zero-order chi connectivity index (χ0) is 11.4. The molecule has 1 unspecified atom stereocenters. The third kappa shape index (κ3) is 2.32. The minimum absolute atomic E-state index is 0.0751. The molecule has 82 valence electrons. The second-order valence-electron chi connectivity index (χ2n) is 3.52. The highest BCUT2D eigenvalue weighted by Crippen LogP contribution is 2.25. The lowest BCUT2D eigenvalue weighted by Gasteiger charge is -2.06. The van der Waals surface area contributed by atoms with E-state index in [-0.39, 0.29) is 6.04 Å². The molecule has 2 aromatic rings. The molecule has 0 saturated carbocycles. The number of terminal acetylenes is 1. The Morgan fingerprint density at radius 2 is 2.56 bits per heavy atom. The second-order valence-corrected chi connectivity index (χ2v) is 4.46. The van der Waals surface area contributed by atoms with Crippen molar-refractivity contribution < 1.29 is 0 Å². The minimum Gasteiger partial charge on any atom is -0.300 e. The van der Waals surface area contributed by atoms with Crippen LogP contribution in [0.15, 0.2) is 23.7 Å². The number of thiophene rings is 1. The monoisotopic (exact) mass is 231 g/mol. The van der Waals surface area contributed by atoms with Crippen LogP contribution in [0.1, 0.15) is 12.5 Å². The van der Waals surface area contributed by atoms with Gasteiger partial charge in [0, 0.05) is 12.1 Å². The van der Waals surface area contributed by atoms with Gasteiger partial charge in [-0.15, -0.1) is 17.8 Å². The first-order valence-corrected chi connectivity index (χ1v) is 5.95. The van der Waals surface area contributed by atoms with Crippen molar-refractivity contribution >= 4 is 11.3 Å². The normalized spacial score (nSPS) is 12.2. The summed E-state index contributed by atoms with van der Waals surface area (Å²) in [5.41, 5.74) is 2.22. The van der Waals surface area contributed by atoms with Gasteiger partial charge < -0.3 is 0 Å². The van der Waals surface area contributed by atoms with Gasteiger partial charge in [-0.1, -0.05) is 12.0 Å². The maximum absolute atomic E-state index is 5.31. The third-order valence-electron chi connectivity index (χ3n) is 2.33. The number of rotatable bonds is 4. The van der Waals surface area contributed by atoms with E-state index in [2.05, 4.69) is 32.9 Å². The summed E-state index contributed by atoms with van der Waals surface area (Å²) in [6, 6.07) is 4.18. The molecule has 3 nitrogen and oxygen atoms in total. The molecule has 0 aliphatic heterocycles. The summed E-state index contributed by atoms with van der Waals surface area (Å²) in [5.74, 6) is 2.64. The Bertz CT molecular complexity index is 479. The zero-order valence-corrected chi connectivity index (χ0v) is 9.84. The Kier molecular flexibility index (Phi) is 3.40. The van der Waals surface area contributed by atoms with Crippen LogP contribution in [0.5, 0.6) is 0 Å². The van der Waals surface area contributed by atoms with Crippen molar-refractivity contribution in [3.8, 4) is 22.9 Å². The van der Waals surface area contributed by atoms with Gasteiger partial charge in [0.1, 0.15) is 0 Å². The van der Waals surface area contributed by atoms with Crippen LogP contribution in [0, 0.1) is 12.3 Å². The molecule has 0 fully saturated rings. The molecule has 0 aliphatic rings. The molecule has 0 spiro atoms. The topological polar surface area (TPSA) is 40.7 Å². The first-order chi connectivity index (χ1) is 7.81. The summed E-state index contributed by atoms with van der Waals surface area (Å²) in [7, 11) is 0. The Balaban J connectivity index is 2.12. The van der Waals surface area contributed by atoms with E-state index < -0.39 is 0 Å². The van der Waals surface area contributed by atoms with Gasteiger partial charge in [-0.05, 0) is 18.4 Å². The lowest BCUT2D eigenvalue weighted by Crippen LogP contribution is -2.23. The van der Waals surface area contributed by atoms with Crippen LogP contribution in [-0.2, 0) is 6.54 Å². The highest BCUT2D eigenvalue weighted by atomic mass is 32.1. The van der Waals surface area contributed by atoms with Gasteiger partial charge in [0.25, 0.3) is 0 Å². The molecule has 2 N–H and O–H groups in total. The Morgan fingerprint density at radius 3 is 3.25 bits per heavy atom. The number of nitrogens with zero attached hydrogens (tertiary/aromatic N) is 1. The number of aromatic amines is 1. The number of hydrogen-bond donors (Lipinski definition) is 2. The van der Waals surface area contributed by atoms with E-state index in [9.17, 15) is 0 Å². The number of H-pyrrole nitrogens is 1. The Hall–Kier alpha value is -1.57. The van der Waals surface area contributed by atoms with E-state index >= 15 is 0 Å². The molecule has 1 atom stereocenters. The molecule has 0 radical (unpaired) electrons. The molecule has 2 rings (SSSR count). The third-order valence-corrected chi connectivity index (χ3v) is 3.22. The molecule has 0 aliphatic carbocycles. The fourth-order valence-electron chi connectivity index (χ4n) is 1.40. The summed E-state index contributed by atoms with van der Waals surface area (Å²) >= 11 is 1.70. The second kappa shape index (κ2) is 4.97. The molecule has 2 heterocycles. The summed E-state index contributed by atoms with van der Waals surface area (Å²) in [6.07, 6.45) is 7.15. The first-order valence-electron chi connectivity index (χ1n) is 5.07. The largest absolute Gasteiger partial charge is 0.300 e. The summed E-state index contributed by atoms with van der Waals surface area (Å²) in [5, 5.41) is 12.4. The molecule has 0 saturated heterocycles. The molecular weight excluding hydrogens is 218 g/mol. The highest BCUT2D eigenvalue weighted by Gasteiger charge is 2.08. The van der Waals surface area contributed by atoms with Crippen molar-refractivity contribution in [3.05, 3.63) is 29.3 Å². The van der Waals surface area contributed by atoms with Crippen LogP contribution in [0.2, 0.25) is 0 Å². The zero-order valence-electron chi connectivity index (χ0n) is 9.03. The van der Waals surface area contributed by atoms with Crippen LogP contribution in [0.4, 0.5) is 0 Å². The van der Waals surface area contributed by atoms with Gasteiger partial charge in [0.05, 0.1) is 22.8 Å². The number of hydrogen-bond acceptors (Lipinski definition) is 3. The first kappa shape index (κ1) is 10.9. The predicted octanol–water partition coefficient (Wildman–Crippen LogP) is 2.25. The summed E-state index contributed by atoms with van der Waals surface area (Å²) in [4.78, 5) is 1.20. The molecule has 0 bridgehead atoms. The molecule has 0 amide bonds. The highest BCUT2D eigenvalue weighted by molar-refractivity contribution is 7.13. The average Bonchev–Trinajstić information content (AvgIpc) is 2.95. The maximum atomic E-state index is 5.31. The Labute approximate surface area is 98.9 Å². The predicted molar refractivity (Wildman–Crippen MR) is 67.0 cm³/mol. The minimum atomic E-state index is 0.0751. The van der Waals surface area contributed by atoms with Crippen molar-refractivity contribution in [3.63, 3.8) is 0 Å². The quantitative estimate of drug-likeness (QED) is 0.792. The van der Waals surface area contributed by atoms with Crippen molar-refractivity contribution in [2.45, 2.75) is 19.5 Å². The molecular formula is C12H13N3S. The van der Waals surface area contributed by atoms with Crippen LogP contribution in [0.25, 0.3) is 10.6 Å². The smallest absolute Gasteiger partial charge is 0.0794 e. The van der Waals surface area contributed by atoms with E-state index in [1.807, 2.05) is 19.2 Å². The fourth-order valence-corrected chi connectivity index (χ4v) is 2.16. The lowest BCUT2D eigenvalue weighted by molar-refractivity contribution is 0.649. The number of nitrogens with one attached hydrogen (secondary N) is 2. The van der Waals surface area contributed by atoms with Crippen LogP contribution < -0.4 is 5.32 Å².